The van der Waals surface area contributed by atoms with Gasteiger partial charge in [-0.25, -0.2) is 9.50 Å². The Bertz CT molecular complexity index is 655. The minimum Gasteiger partial charge on any atom is -0.216 e. The fourth-order valence-corrected chi connectivity index (χ4v) is 3.74. The SMILES string of the molecule is Cc1c(Cl)nc2c(C)c(C3CCCCCCC3)nn2c1Cl. The predicted molar refractivity (Wildman–Crippen MR) is 87.5 cm³/mol. The highest BCUT2D eigenvalue weighted by Crippen LogP contribution is 2.34. The predicted octanol–water partition coefficient (Wildman–Crippen LogP) is 5.48. The van der Waals surface area contributed by atoms with Crippen molar-refractivity contribution in [2.24, 2.45) is 0 Å². The molecule has 0 amide bonds. The zero-order valence-corrected chi connectivity index (χ0v) is 14.1. The van der Waals surface area contributed by atoms with Gasteiger partial charge in [0.15, 0.2) is 5.65 Å². The summed E-state index contributed by atoms with van der Waals surface area (Å²) in [5.74, 6) is 0.530. The number of aryl methyl sites for hydroxylation is 1. The Morgan fingerprint density at radius 1 is 0.952 bits per heavy atom. The van der Waals surface area contributed by atoms with Crippen LogP contribution in [0.2, 0.25) is 10.3 Å². The van der Waals surface area contributed by atoms with Crippen molar-refractivity contribution in [2.45, 2.75) is 64.7 Å². The van der Waals surface area contributed by atoms with Crippen molar-refractivity contribution < 1.29 is 0 Å². The van der Waals surface area contributed by atoms with E-state index in [-0.39, 0.29) is 0 Å². The Morgan fingerprint density at radius 3 is 2.24 bits per heavy atom. The minimum atomic E-state index is 0.472. The second kappa shape index (κ2) is 6.13. The Morgan fingerprint density at radius 2 is 1.57 bits per heavy atom. The fourth-order valence-electron chi connectivity index (χ4n) is 3.31. The van der Waals surface area contributed by atoms with Gasteiger partial charge < -0.3 is 0 Å². The monoisotopic (exact) mass is 325 g/mol. The maximum Gasteiger partial charge on any atom is 0.161 e. The molecule has 3 nitrogen and oxygen atoms in total. The van der Waals surface area contributed by atoms with Crippen LogP contribution < -0.4 is 0 Å². The first kappa shape index (κ1) is 15.1. The molecule has 0 unspecified atom stereocenters. The normalized spacial score (nSPS) is 17.9. The van der Waals surface area contributed by atoms with E-state index in [4.69, 9.17) is 28.3 Å². The van der Waals surface area contributed by atoms with Crippen LogP contribution in [0.3, 0.4) is 0 Å². The number of hydrogen-bond donors (Lipinski definition) is 0. The molecule has 5 heteroatoms. The highest BCUT2D eigenvalue weighted by molar-refractivity contribution is 6.34. The van der Waals surface area contributed by atoms with E-state index in [9.17, 15) is 0 Å². The summed E-state index contributed by atoms with van der Waals surface area (Å²) in [7, 11) is 0. The summed E-state index contributed by atoms with van der Waals surface area (Å²) in [5, 5.41) is 5.82. The maximum atomic E-state index is 6.39. The average molecular weight is 326 g/mol. The van der Waals surface area contributed by atoms with Gasteiger partial charge in [0.25, 0.3) is 0 Å². The molecule has 114 valence electrons. The van der Waals surface area contributed by atoms with Gasteiger partial charge in [0, 0.05) is 17.0 Å². The smallest absolute Gasteiger partial charge is 0.161 e. The molecule has 0 aromatic carbocycles. The van der Waals surface area contributed by atoms with Crippen LogP contribution in [0.15, 0.2) is 0 Å². The molecule has 2 heterocycles. The molecule has 0 saturated heterocycles. The van der Waals surface area contributed by atoms with Gasteiger partial charge in [0.05, 0.1) is 5.69 Å². The summed E-state index contributed by atoms with van der Waals surface area (Å²) in [6.45, 7) is 3.97. The number of aromatic nitrogens is 3. The molecule has 3 rings (SSSR count). The maximum absolute atomic E-state index is 6.39. The molecule has 1 fully saturated rings. The molecule has 0 bridgehead atoms. The van der Waals surface area contributed by atoms with Crippen LogP contribution >= 0.6 is 23.2 Å². The first-order valence-corrected chi connectivity index (χ1v) is 8.56. The van der Waals surface area contributed by atoms with Gasteiger partial charge in [-0.05, 0) is 26.7 Å². The van der Waals surface area contributed by atoms with Gasteiger partial charge >= 0.3 is 0 Å². The van der Waals surface area contributed by atoms with Crippen molar-refractivity contribution in [3.8, 4) is 0 Å². The fraction of sp³-hybridized carbons (Fsp3) is 0.625. The van der Waals surface area contributed by atoms with E-state index in [1.54, 1.807) is 4.52 Å². The standard InChI is InChI=1S/C16H21Cl2N3/c1-10-13(12-8-6-4-3-5-7-9-12)20-21-15(18)11(2)14(17)19-16(10)21/h12H,3-9H2,1-2H3. The lowest BCUT2D eigenvalue weighted by atomic mass is 9.87. The van der Waals surface area contributed by atoms with Gasteiger partial charge in [-0.2, -0.15) is 5.10 Å². The molecule has 21 heavy (non-hydrogen) atoms. The Labute approximate surface area is 135 Å². The van der Waals surface area contributed by atoms with E-state index in [0.29, 0.717) is 16.2 Å². The molecule has 0 radical (unpaired) electrons. The van der Waals surface area contributed by atoms with Gasteiger partial charge in [-0.3, -0.25) is 0 Å². The van der Waals surface area contributed by atoms with Gasteiger partial charge in [-0.15, -0.1) is 0 Å². The van der Waals surface area contributed by atoms with E-state index in [1.165, 1.54) is 44.9 Å². The molecular weight excluding hydrogens is 305 g/mol. The van der Waals surface area contributed by atoms with Crippen molar-refractivity contribution >= 4 is 28.8 Å². The zero-order chi connectivity index (χ0) is 15.0. The summed E-state index contributed by atoms with van der Waals surface area (Å²) in [4.78, 5) is 4.47. The lowest BCUT2D eigenvalue weighted by molar-refractivity contribution is 0.447. The van der Waals surface area contributed by atoms with E-state index in [1.807, 2.05) is 6.92 Å². The molecule has 1 saturated carbocycles. The first-order valence-electron chi connectivity index (χ1n) is 7.80. The molecule has 2 aromatic heterocycles. The number of rotatable bonds is 1. The average Bonchev–Trinajstić information content (AvgIpc) is 2.74. The van der Waals surface area contributed by atoms with Crippen molar-refractivity contribution in [3.63, 3.8) is 0 Å². The Kier molecular flexibility index (Phi) is 4.41. The topological polar surface area (TPSA) is 30.2 Å². The highest BCUT2D eigenvalue weighted by atomic mass is 35.5. The Hall–Kier alpha value is -0.800. The molecule has 0 aliphatic heterocycles. The molecule has 1 aliphatic rings. The Balaban J connectivity index is 2.06. The van der Waals surface area contributed by atoms with Crippen LogP contribution in [0.4, 0.5) is 0 Å². The van der Waals surface area contributed by atoms with Crippen LogP contribution in [0.25, 0.3) is 5.65 Å². The van der Waals surface area contributed by atoms with Gasteiger partial charge in [0.1, 0.15) is 10.3 Å². The molecule has 0 N–H and O–H groups in total. The van der Waals surface area contributed by atoms with E-state index in [0.717, 1.165) is 22.5 Å². The van der Waals surface area contributed by atoms with Crippen LogP contribution in [0.5, 0.6) is 0 Å². The molecular formula is C16H21Cl2N3. The van der Waals surface area contributed by atoms with Gasteiger partial charge in [0.2, 0.25) is 0 Å². The van der Waals surface area contributed by atoms with Crippen molar-refractivity contribution in [2.75, 3.05) is 0 Å². The van der Waals surface area contributed by atoms with Crippen molar-refractivity contribution in [1.29, 1.82) is 0 Å². The van der Waals surface area contributed by atoms with Crippen LogP contribution in [0.1, 0.15) is 67.7 Å². The van der Waals surface area contributed by atoms with Crippen molar-refractivity contribution in [1.82, 2.24) is 14.6 Å². The van der Waals surface area contributed by atoms with Crippen LogP contribution in [-0.2, 0) is 0 Å². The number of nitrogens with zero attached hydrogens (tertiary/aromatic N) is 3. The molecule has 1 aliphatic carbocycles. The third-order valence-corrected chi connectivity index (χ3v) is 5.44. The van der Waals surface area contributed by atoms with E-state index in [2.05, 4.69) is 11.9 Å². The lowest BCUT2D eigenvalue weighted by Crippen LogP contribution is -2.04. The van der Waals surface area contributed by atoms with Crippen LogP contribution in [0, 0.1) is 13.8 Å². The third-order valence-electron chi connectivity index (χ3n) is 4.63. The van der Waals surface area contributed by atoms with Crippen molar-refractivity contribution in [3.05, 3.63) is 27.1 Å². The van der Waals surface area contributed by atoms with Gasteiger partial charge in [-0.1, -0.05) is 55.3 Å². The summed E-state index contributed by atoms with van der Waals surface area (Å²) in [6.07, 6.45) is 9.07. The zero-order valence-electron chi connectivity index (χ0n) is 12.6. The van der Waals surface area contributed by atoms with E-state index >= 15 is 0 Å². The largest absolute Gasteiger partial charge is 0.216 e. The summed E-state index contributed by atoms with van der Waals surface area (Å²) in [6, 6.07) is 0. The second-order valence-electron chi connectivity index (χ2n) is 6.11. The summed E-state index contributed by atoms with van der Waals surface area (Å²) in [5.41, 5.74) is 3.88. The lowest BCUT2D eigenvalue weighted by Gasteiger charge is -2.18. The number of hydrogen-bond acceptors (Lipinski definition) is 2. The number of halogens is 2. The number of fused-ring (bicyclic) bond motifs is 1. The summed E-state index contributed by atoms with van der Waals surface area (Å²) >= 11 is 12.6. The second-order valence-corrected chi connectivity index (χ2v) is 6.82. The minimum absolute atomic E-state index is 0.472. The summed E-state index contributed by atoms with van der Waals surface area (Å²) < 4.78 is 1.76. The molecule has 0 spiro atoms. The quantitative estimate of drug-likeness (QED) is 0.650. The third kappa shape index (κ3) is 2.78. The highest BCUT2D eigenvalue weighted by Gasteiger charge is 2.22. The first-order chi connectivity index (χ1) is 10.1. The molecule has 0 atom stereocenters. The van der Waals surface area contributed by atoms with E-state index < -0.39 is 0 Å². The van der Waals surface area contributed by atoms with Crippen LogP contribution in [-0.4, -0.2) is 14.6 Å². The molecule has 2 aromatic rings.